The van der Waals surface area contributed by atoms with E-state index in [1.54, 1.807) is 29.2 Å². The second-order valence-corrected chi connectivity index (χ2v) is 8.25. The van der Waals surface area contributed by atoms with Crippen LogP contribution in [0.4, 0.5) is 13.9 Å². The van der Waals surface area contributed by atoms with Crippen molar-refractivity contribution in [3.63, 3.8) is 0 Å². The zero-order valence-corrected chi connectivity index (χ0v) is 18.6. The summed E-state index contributed by atoms with van der Waals surface area (Å²) in [7, 11) is 0. The van der Waals surface area contributed by atoms with Crippen molar-refractivity contribution in [2.24, 2.45) is 0 Å². The van der Waals surface area contributed by atoms with E-state index in [1.165, 1.54) is 29.5 Å². The highest BCUT2D eigenvalue weighted by molar-refractivity contribution is 7.22. The molecule has 31 heavy (non-hydrogen) atoms. The molecule has 9 heteroatoms. The van der Waals surface area contributed by atoms with Crippen molar-refractivity contribution in [3.05, 3.63) is 59.7 Å². The Morgan fingerprint density at radius 3 is 2.58 bits per heavy atom. The molecule has 1 aliphatic rings. The minimum absolute atomic E-state index is 0. The van der Waals surface area contributed by atoms with E-state index in [0.717, 1.165) is 44.8 Å². The molecule has 1 amide bonds. The van der Waals surface area contributed by atoms with Crippen molar-refractivity contribution in [2.75, 3.05) is 44.3 Å². The number of para-hydroxylation sites is 1. The molecule has 166 valence electrons. The molecule has 5 nitrogen and oxygen atoms in total. The van der Waals surface area contributed by atoms with E-state index >= 15 is 0 Å². The molecule has 1 saturated heterocycles. The third-order valence-electron chi connectivity index (χ3n) is 5.12. The molecule has 0 saturated carbocycles. The summed E-state index contributed by atoms with van der Waals surface area (Å²) in [6.07, 6.45) is 0.907. The number of ether oxygens (including phenoxy) is 1. The van der Waals surface area contributed by atoms with E-state index in [2.05, 4.69) is 9.88 Å². The van der Waals surface area contributed by atoms with Gasteiger partial charge in [-0.25, -0.2) is 13.8 Å². The summed E-state index contributed by atoms with van der Waals surface area (Å²) in [5, 5.41) is 0.490. The summed E-state index contributed by atoms with van der Waals surface area (Å²) < 4.78 is 33.4. The quantitative estimate of drug-likeness (QED) is 0.520. The molecule has 2 aromatic carbocycles. The number of carbonyl (C=O) groups is 1. The summed E-state index contributed by atoms with van der Waals surface area (Å²) in [5.74, 6) is -0.868. The number of hydrogen-bond donors (Lipinski definition) is 0. The Labute approximate surface area is 190 Å². The highest BCUT2D eigenvalue weighted by Gasteiger charge is 2.21. The highest BCUT2D eigenvalue weighted by Crippen LogP contribution is 2.30. The van der Waals surface area contributed by atoms with E-state index in [4.69, 9.17) is 4.74 Å². The van der Waals surface area contributed by atoms with Gasteiger partial charge in [-0.3, -0.25) is 14.6 Å². The minimum atomic E-state index is -0.394. The smallest absolute Gasteiger partial charge is 0.233 e. The molecule has 0 radical (unpaired) electrons. The van der Waals surface area contributed by atoms with E-state index < -0.39 is 5.82 Å². The SMILES string of the molecule is Cl.O=C(Cc1ccc(F)cc1)N(CCCN1CCOCC1)c1nc2c(F)cccc2s1. The molecule has 1 aromatic heterocycles. The van der Waals surface area contributed by atoms with Crippen LogP contribution in [0.2, 0.25) is 0 Å². The number of aromatic nitrogens is 1. The first-order valence-electron chi connectivity index (χ1n) is 10.00. The summed E-state index contributed by atoms with van der Waals surface area (Å²) >= 11 is 1.31. The number of thiazole rings is 1. The van der Waals surface area contributed by atoms with Crippen LogP contribution >= 0.6 is 23.7 Å². The number of morpholine rings is 1. The maximum atomic E-state index is 14.1. The lowest BCUT2D eigenvalue weighted by atomic mass is 10.1. The van der Waals surface area contributed by atoms with Gasteiger partial charge in [0.25, 0.3) is 0 Å². The average molecular weight is 468 g/mol. The lowest BCUT2D eigenvalue weighted by molar-refractivity contribution is -0.118. The molecule has 2 heterocycles. The Kier molecular flexibility index (Phi) is 8.31. The Morgan fingerprint density at radius 2 is 1.87 bits per heavy atom. The normalized spacial score (nSPS) is 14.4. The number of halogens is 3. The van der Waals surface area contributed by atoms with Crippen LogP contribution in [0.15, 0.2) is 42.5 Å². The number of hydrogen-bond acceptors (Lipinski definition) is 5. The number of fused-ring (bicyclic) bond motifs is 1. The molecule has 3 aromatic rings. The molecule has 0 unspecified atom stereocenters. The number of carbonyl (C=O) groups excluding carboxylic acids is 1. The van der Waals surface area contributed by atoms with E-state index in [0.29, 0.717) is 16.4 Å². The maximum absolute atomic E-state index is 14.1. The lowest BCUT2D eigenvalue weighted by Gasteiger charge is -2.27. The van der Waals surface area contributed by atoms with Crippen molar-refractivity contribution >= 4 is 45.0 Å². The summed E-state index contributed by atoms with van der Waals surface area (Å²) in [4.78, 5) is 21.5. The van der Waals surface area contributed by atoms with Gasteiger partial charge in [-0.15, -0.1) is 12.4 Å². The molecule has 0 atom stereocenters. The first-order chi connectivity index (χ1) is 14.6. The molecule has 1 fully saturated rings. The third-order valence-corrected chi connectivity index (χ3v) is 6.16. The number of anilines is 1. The van der Waals surface area contributed by atoms with Crippen molar-refractivity contribution in [1.29, 1.82) is 0 Å². The van der Waals surface area contributed by atoms with Crippen molar-refractivity contribution in [2.45, 2.75) is 12.8 Å². The van der Waals surface area contributed by atoms with Gasteiger partial charge in [-0.2, -0.15) is 0 Å². The minimum Gasteiger partial charge on any atom is -0.379 e. The van der Waals surface area contributed by atoms with E-state index in [1.807, 2.05) is 0 Å². The van der Waals surface area contributed by atoms with Gasteiger partial charge in [-0.1, -0.05) is 29.5 Å². The van der Waals surface area contributed by atoms with Crippen LogP contribution < -0.4 is 4.90 Å². The third kappa shape index (κ3) is 5.98. The van der Waals surface area contributed by atoms with Gasteiger partial charge in [0.15, 0.2) is 5.13 Å². The second kappa shape index (κ2) is 10.9. The zero-order valence-electron chi connectivity index (χ0n) is 16.9. The molecule has 0 spiro atoms. The van der Waals surface area contributed by atoms with Crippen LogP contribution in [-0.2, 0) is 16.0 Å². The molecule has 0 N–H and O–H groups in total. The monoisotopic (exact) mass is 467 g/mol. The van der Waals surface area contributed by atoms with Gasteiger partial charge >= 0.3 is 0 Å². The van der Waals surface area contributed by atoms with Gasteiger partial charge in [0.2, 0.25) is 5.91 Å². The number of nitrogens with zero attached hydrogens (tertiary/aromatic N) is 3. The highest BCUT2D eigenvalue weighted by atomic mass is 35.5. The fourth-order valence-electron chi connectivity index (χ4n) is 3.50. The van der Waals surface area contributed by atoms with Gasteiger partial charge in [-0.05, 0) is 36.2 Å². The summed E-state index contributed by atoms with van der Waals surface area (Å²) in [6.45, 7) is 4.56. The van der Waals surface area contributed by atoms with Crippen LogP contribution in [0.5, 0.6) is 0 Å². The fourth-order valence-corrected chi connectivity index (χ4v) is 4.52. The van der Waals surface area contributed by atoms with Crippen molar-refractivity contribution in [3.8, 4) is 0 Å². The lowest BCUT2D eigenvalue weighted by Crippen LogP contribution is -2.39. The number of rotatable bonds is 7. The Morgan fingerprint density at radius 1 is 1.13 bits per heavy atom. The Hall–Kier alpha value is -2.13. The van der Waals surface area contributed by atoms with Crippen LogP contribution in [0, 0.1) is 11.6 Å². The molecule has 4 rings (SSSR count). The molecule has 0 bridgehead atoms. The van der Waals surface area contributed by atoms with Crippen LogP contribution in [0.25, 0.3) is 10.2 Å². The standard InChI is InChI=1S/C22H23F2N3O2S.ClH/c23-17-7-5-16(6-8-17)15-20(28)27(10-2-9-26-11-13-29-14-12-26)22-25-21-18(24)3-1-4-19(21)30-22;/h1,3-8H,2,9-15H2;1H. The zero-order chi connectivity index (χ0) is 20.9. The number of amides is 1. The van der Waals surface area contributed by atoms with Crippen molar-refractivity contribution in [1.82, 2.24) is 9.88 Å². The maximum Gasteiger partial charge on any atom is 0.233 e. The Bertz CT molecular complexity index is 1010. The van der Waals surface area contributed by atoms with E-state index in [-0.39, 0.29) is 36.1 Å². The summed E-state index contributed by atoms with van der Waals surface area (Å²) in [5.41, 5.74) is 1.01. The first kappa shape index (κ1) is 23.5. The van der Waals surface area contributed by atoms with Crippen LogP contribution in [-0.4, -0.2) is 55.2 Å². The fraction of sp³-hybridized carbons (Fsp3) is 0.364. The average Bonchev–Trinajstić information content (AvgIpc) is 3.19. The number of benzene rings is 2. The van der Waals surface area contributed by atoms with Gasteiger partial charge in [0.1, 0.15) is 17.2 Å². The van der Waals surface area contributed by atoms with Gasteiger partial charge in [0, 0.05) is 26.2 Å². The molecular weight excluding hydrogens is 444 g/mol. The Balaban J connectivity index is 0.00000272. The molecular formula is C22H24ClF2N3O2S. The largest absolute Gasteiger partial charge is 0.379 e. The molecule has 1 aliphatic heterocycles. The van der Waals surface area contributed by atoms with Gasteiger partial charge in [0.05, 0.1) is 24.3 Å². The molecule has 0 aliphatic carbocycles. The van der Waals surface area contributed by atoms with Crippen molar-refractivity contribution < 1.29 is 18.3 Å². The second-order valence-electron chi connectivity index (χ2n) is 7.24. The van der Waals surface area contributed by atoms with Crippen LogP contribution in [0.3, 0.4) is 0 Å². The predicted octanol–water partition coefficient (Wildman–Crippen LogP) is 4.29. The predicted molar refractivity (Wildman–Crippen MR) is 121 cm³/mol. The topological polar surface area (TPSA) is 45.7 Å². The van der Waals surface area contributed by atoms with E-state index in [9.17, 15) is 13.6 Å². The first-order valence-corrected chi connectivity index (χ1v) is 10.8. The summed E-state index contributed by atoms with van der Waals surface area (Å²) in [6, 6.07) is 10.7. The van der Waals surface area contributed by atoms with Crippen LogP contribution in [0.1, 0.15) is 12.0 Å². The van der Waals surface area contributed by atoms with Gasteiger partial charge < -0.3 is 4.74 Å².